The molecule has 3 rings (SSSR count). The van der Waals surface area contributed by atoms with E-state index in [0.717, 1.165) is 10.2 Å². The summed E-state index contributed by atoms with van der Waals surface area (Å²) >= 11 is 1.42. The zero-order chi connectivity index (χ0) is 21.7. The van der Waals surface area contributed by atoms with Crippen LogP contribution in [0.1, 0.15) is 0 Å². The maximum absolute atomic E-state index is 5.98. The highest BCUT2D eigenvalue weighted by Crippen LogP contribution is 2.39. The van der Waals surface area contributed by atoms with Gasteiger partial charge in [-0.1, -0.05) is 22.4 Å². The van der Waals surface area contributed by atoms with Gasteiger partial charge >= 0.3 is 5.96 Å². The second kappa shape index (κ2) is 9.18. The van der Waals surface area contributed by atoms with Gasteiger partial charge in [0.15, 0.2) is 22.8 Å². The number of thiazole rings is 1. The van der Waals surface area contributed by atoms with Gasteiger partial charge < -0.3 is 35.7 Å². The number of para-hydroxylation sites is 1. The first-order valence-corrected chi connectivity index (χ1v) is 9.54. The molecule has 0 atom stereocenters. The second-order valence-corrected chi connectivity index (χ2v) is 6.90. The Hall–Kier alpha value is -3.73. The van der Waals surface area contributed by atoms with Crippen LogP contribution in [0.3, 0.4) is 0 Å². The highest BCUT2D eigenvalue weighted by molar-refractivity contribution is 7.21. The molecular formula is C19H23N6O4S+. The van der Waals surface area contributed by atoms with Crippen LogP contribution in [0.5, 0.6) is 23.0 Å². The van der Waals surface area contributed by atoms with E-state index in [-0.39, 0.29) is 11.9 Å². The van der Waals surface area contributed by atoms with Crippen LogP contribution in [0, 0.1) is 0 Å². The molecule has 0 amide bonds. The summed E-state index contributed by atoms with van der Waals surface area (Å²) in [6.45, 7) is 0. The van der Waals surface area contributed by atoms with Crippen LogP contribution in [-0.4, -0.2) is 45.3 Å². The molecule has 0 saturated heterocycles. The summed E-state index contributed by atoms with van der Waals surface area (Å²) < 4.78 is 22.2. The predicted octanol–water partition coefficient (Wildman–Crippen LogP) is 0.784. The third-order valence-electron chi connectivity index (χ3n) is 4.01. The lowest BCUT2D eigenvalue weighted by Crippen LogP contribution is -2.69. The molecule has 158 valence electrons. The number of fused-ring (bicyclic) bond motifs is 1. The van der Waals surface area contributed by atoms with Crippen LogP contribution in [0.2, 0.25) is 0 Å². The van der Waals surface area contributed by atoms with E-state index in [2.05, 4.69) is 20.3 Å². The van der Waals surface area contributed by atoms with E-state index >= 15 is 0 Å². The zero-order valence-corrected chi connectivity index (χ0v) is 17.8. The molecular weight excluding hydrogens is 408 g/mol. The summed E-state index contributed by atoms with van der Waals surface area (Å²) in [5.74, 6) is 2.25. The Morgan fingerprint density at radius 3 is 2.27 bits per heavy atom. The summed E-state index contributed by atoms with van der Waals surface area (Å²) in [5.41, 5.74) is 13.3. The van der Waals surface area contributed by atoms with E-state index in [1.165, 1.54) is 32.7 Å². The maximum atomic E-state index is 5.98. The molecule has 0 unspecified atom stereocenters. The number of nitrogens with one attached hydrogen (secondary N) is 2. The predicted molar refractivity (Wildman–Crippen MR) is 117 cm³/mol. The molecule has 0 aliphatic carbocycles. The fourth-order valence-electron chi connectivity index (χ4n) is 2.74. The normalized spacial score (nSPS) is 12.0. The SMILES string of the molecule is COc1cc(NC(N)=NC(N)=[NH+]c2nc3c(OC)cccc3s2)cc(OC)c1OC. The number of benzene rings is 2. The second-order valence-electron chi connectivity index (χ2n) is 5.87. The summed E-state index contributed by atoms with van der Waals surface area (Å²) in [7, 11) is 6.19. The molecule has 0 spiro atoms. The van der Waals surface area contributed by atoms with Crippen molar-refractivity contribution >= 4 is 44.3 Å². The molecule has 11 heteroatoms. The summed E-state index contributed by atoms with van der Waals surface area (Å²) in [5, 5.41) is 3.50. The molecule has 0 aliphatic rings. The molecule has 0 aliphatic heterocycles. The average molecular weight is 431 g/mol. The molecule has 2 aromatic carbocycles. The van der Waals surface area contributed by atoms with Gasteiger partial charge in [0.25, 0.3) is 11.1 Å². The van der Waals surface area contributed by atoms with Crippen molar-refractivity contribution in [3.8, 4) is 23.0 Å². The minimum atomic E-state index is 0.0629. The fraction of sp³-hybridized carbons (Fsp3) is 0.211. The van der Waals surface area contributed by atoms with Gasteiger partial charge in [-0.15, -0.1) is 4.98 Å². The third kappa shape index (κ3) is 4.46. The van der Waals surface area contributed by atoms with Gasteiger partial charge in [-0.05, 0) is 12.1 Å². The zero-order valence-electron chi connectivity index (χ0n) is 17.0. The topological polar surface area (TPSA) is 140 Å². The van der Waals surface area contributed by atoms with Crippen molar-refractivity contribution in [2.24, 2.45) is 16.5 Å². The standard InChI is InChI=1S/C19H22N6O4S/c1-26-11-6-5-7-14-15(11)23-19(30-14)25-18(21)24-17(20)22-10-8-12(27-2)16(29-4)13(9-10)28-3/h5-9H,1-4H3,(H5,20,21,22,23,24,25)/p+1. The smallest absolute Gasteiger partial charge is 0.346 e. The van der Waals surface area contributed by atoms with Gasteiger partial charge in [0, 0.05) is 17.8 Å². The quantitative estimate of drug-likeness (QED) is 0.332. The van der Waals surface area contributed by atoms with Gasteiger partial charge in [0.1, 0.15) is 0 Å². The number of ether oxygens (including phenoxy) is 4. The lowest BCUT2D eigenvalue weighted by Gasteiger charge is -2.14. The molecule has 1 aromatic heterocycles. The van der Waals surface area contributed by atoms with Crippen molar-refractivity contribution < 1.29 is 23.9 Å². The van der Waals surface area contributed by atoms with Crippen molar-refractivity contribution in [3.05, 3.63) is 30.3 Å². The Morgan fingerprint density at radius 1 is 1.00 bits per heavy atom. The first-order chi connectivity index (χ1) is 14.5. The van der Waals surface area contributed by atoms with Gasteiger partial charge in [0.05, 0.1) is 33.1 Å². The number of hydrogen-bond acceptors (Lipinski definition) is 6. The van der Waals surface area contributed by atoms with Crippen LogP contribution in [-0.2, 0) is 0 Å². The van der Waals surface area contributed by atoms with Crippen molar-refractivity contribution in [1.29, 1.82) is 0 Å². The number of hydrogen-bond donors (Lipinski definition) is 4. The maximum Gasteiger partial charge on any atom is 0.346 e. The van der Waals surface area contributed by atoms with Crippen molar-refractivity contribution in [2.75, 3.05) is 33.8 Å². The van der Waals surface area contributed by atoms with E-state index in [1.807, 2.05) is 18.2 Å². The number of nitrogens with two attached hydrogens (primary N) is 2. The van der Waals surface area contributed by atoms with E-state index in [1.54, 1.807) is 19.2 Å². The van der Waals surface area contributed by atoms with Gasteiger partial charge in [-0.3, -0.25) is 0 Å². The fourth-order valence-corrected chi connectivity index (χ4v) is 3.63. The molecule has 0 bridgehead atoms. The number of aliphatic imine (C=N–C) groups is 1. The number of methoxy groups -OCH3 is 4. The summed E-state index contributed by atoms with van der Waals surface area (Å²) in [4.78, 5) is 11.5. The molecule has 0 saturated carbocycles. The third-order valence-corrected chi connectivity index (χ3v) is 4.95. The van der Waals surface area contributed by atoms with Gasteiger partial charge in [-0.25, -0.2) is 4.99 Å². The number of aromatic nitrogens is 1. The first kappa shape index (κ1) is 21.0. The lowest BCUT2D eigenvalue weighted by molar-refractivity contribution is -0.355. The minimum Gasteiger partial charge on any atom is -0.493 e. The first-order valence-electron chi connectivity index (χ1n) is 8.73. The van der Waals surface area contributed by atoms with Crippen molar-refractivity contribution in [2.45, 2.75) is 0 Å². The number of guanidine groups is 2. The minimum absolute atomic E-state index is 0.0629. The highest BCUT2D eigenvalue weighted by Gasteiger charge is 2.15. The van der Waals surface area contributed by atoms with E-state index < -0.39 is 0 Å². The van der Waals surface area contributed by atoms with Gasteiger partial charge in [-0.2, -0.15) is 0 Å². The lowest BCUT2D eigenvalue weighted by atomic mass is 10.2. The van der Waals surface area contributed by atoms with Gasteiger partial charge in [0.2, 0.25) is 5.75 Å². The molecule has 1 heterocycles. The van der Waals surface area contributed by atoms with Crippen LogP contribution >= 0.6 is 11.3 Å². The molecule has 6 N–H and O–H groups in total. The van der Waals surface area contributed by atoms with Crippen LogP contribution < -0.4 is 40.7 Å². The van der Waals surface area contributed by atoms with E-state index in [4.69, 9.17) is 30.4 Å². The Kier molecular flexibility index (Phi) is 6.42. The Morgan fingerprint density at radius 2 is 1.67 bits per heavy atom. The largest absolute Gasteiger partial charge is 0.493 e. The molecule has 0 radical (unpaired) electrons. The van der Waals surface area contributed by atoms with Crippen LogP contribution in [0.4, 0.5) is 10.8 Å². The van der Waals surface area contributed by atoms with E-state index in [9.17, 15) is 0 Å². The average Bonchev–Trinajstić information content (AvgIpc) is 3.14. The monoisotopic (exact) mass is 431 g/mol. The Balaban J connectivity index is 1.83. The van der Waals surface area contributed by atoms with E-state index in [0.29, 0.717) is 33.8 Å². The van der Waals surface area contributed by atoms with Crippen molar-refractivity contribution in [3.63, 3.8) is 0 Å². The Bertz CT molecular complexity index is 1090. The van der Waals surface area contributed by atoms with Crippen LogP contribution in [0.15, 0.2) is 35.3 Å². The number of rotatable bonds is 6. The highest BCUT2D eigenvalue weighted by atomic mass is 32.1. The summed E-state index contributed by atoms with van der Waals surface area (Å²) in [6, 6.07) is 9.09. The molecule has 10 nitrogen and oxygen atoms in total. The molecule has 3 aromatic rings. The Labute approximate surface area is 177 Å². The van der Waals surface area contributed by atoms with Crippen LogP contribution in [0.25, 0.3) is 10.2 Å². The summed E-state index contributed by atoms with van der Waals surface area (Å²) in [6.07, 6.45) is 0. The number of nitrogens with zero attached hydrogens (tertiary/aromatic N) is 2. The molecule has 30 heavy (non-hydrogen) atoms. The number of anilines is 1. The van der Waals surface area contributed by atoms with Crippen molar-refractivity contribution in [1.82, 2.24) is 4.98 Å². The molecule has 0 fully saturated rings.